The van der Waals surface area contributed by atoms with E-state index in [2.05, 4.69) is 10.4 Å². The van der Waals surface area contributed by atoms with Crippen LogP contribution in [0.2, 0.25) is 0 Å². The Labute approximate surface area is 186 Å². The van der Waals surface area contributed by atoms with Crippen LogP contribution in [0.4, 0.5) is 9.39 Å². The van der Waals surface area contributed by atoms with Gasteiger partial charge in [0.05, 0.1) is 17.7 Å². The normalized spacial score (nSPS) is 10.8. The molecule has 0 spiro atoms. The third kappa shape index (κ3) is 4.02. The molecule has 32 heavy (non-hydrogen) atoms. The molecule has 0 atom stereocenters. The van der Waals surface area contributed by atoms with Crippen molar-refractivity contribution in [2.24, 2.45) is 0 Å². The molecule has 9 heteroatoms. The highest BCUT2D eigenvalue weighted by Gasteiger charge is 2.23. The molecule has 7 nitrogen and oxygen atoms in total. The molecule has 0 aliphatic carbocycles. The number of thiophene rings is 1. The third-order valence-electron chi connectivity index (χ3n) is 4.68. The summed E-state index contributed by atoms with van der Waals surface area (Å²) in [5.41, 5.74) is 0.787. The fourth-order valence-electron chi connectivity index (χ4n) is 3.24. The molecule has 1 amide bonds. The summed E-state index contributed by atoms with van der Waals surface area (Å²) < 4.78 is 19.8. The fraction of sp³-hybridized carbons (Fsp3) is 0.130. The van der Waals surface area contributed by atoms with E-state index in [0.717, 1.165) is 27.6 Å². The molecule has 0 saturated heterocycles. The summed E-state index contributed by atoms with van der Waals surface area (Å²) in [6.07, 6.45) is 0. The van der Waals surface area contributed by atoms with Gasteiger partial charge < -0.3 is 10.1 Å². The number of rotatable bonds is 5. The van der Waals surface area contributed by atoms with Crippen molar-refractivity contribution in [2.75, 3.05) is 11.9 Å². The summed E-state index contributed by atoms with van der Waals surface area (Å²) in [6.45, 7) is 3.63. The molecule has 2 aromatic carbocycles. The van der Waals surface area contributed by atoms with Crippen LogP contribution in [-0.2, 0) is 4.74 Å². The number of carbonyl (C=O) groups is 2. The number of aromatic nitrogens is 2. The van der Waals surface area contributed by atoms with E-state index in [1.807, 2.05) is 13.0 Å². The number of esters is 1. The SMILES string of the molecule is CCOC(=O)c1nn(-c2cccc(F)c2)c(=O)c2c(NC(=O)c3cccc(C)c3)scc12. The summed E-state index contributed by atoms with van der Waals surface area (Å²) in [5.74, 6) is -1.69. The Balaban J connectivity index is 1.89. The highest BCUT2D eigenvalue weighted by molar-refractivity contribution is 7.16. The third-order valence-corrected chi connectivity index (χ3v) is 5.58. The van der Waals surface area contributed by atoms with Crippen molar-refractivity contribution in [3.8, 4) is 5.69 Å². The molecule has 0 radical (unpaired) electrons. The number of fused-ring (bicyclic) bond motifs is 1. The van der Waals surface area contributed by atoms with Crippen molar-refractivity contribution in [3.05, 3.63) is 86.9 Å². The van der Waals surface area contributed by atoms with E-state index in [1.54, 1.807) is 30.5 Å². The van der Waals surface area contributed by atoms with Gasteiger partial charge in [0.2, 0.25) is 0 Å². The predicted molar refractivity (Wildman–Crippen MR) is 120 cm³/mol. The topological polar surface area (TPSA) is 90.3 Å². The molecule has 162 valence electrons. The lowest BCUT2D eigenvalue weighted by atomic mass is 10.1. The molecule has 4 rings (SSSR count). The van der Waals surface area contributed by atoms with Crippen molar-refractivity contribution >= 4 is 39.0 Å². The highest BCUT2D eigenvalue weighted by atomic mass is 32.1. The van der Waals surface area contributed by atoms with E-state index < -0.39 is 23.3 Å². The standard InChI is InChI=1S/C23H18FN3O4S/c1-3-31-23(30)19-17-12-32-21(25-20(28)14-7-4-6-13(2)10-14)18(17)22(29)27(26-19)16-9-5-8-15(24)11-16/h4-12H,3H2,1-2H3,(H,25,28). The van der Waals surface area contributed by atoms with Gasteiger partial charge in [-0.15, -0.1) is 11.3 Å². The monoisotopic (exact) mass is 451 g/mol. The zero-order valence-electron chi connectivity index (χ0n) is 17.2. The van der Waals surface area contributed by atoms with Crippen LogP contribution in [0.15, 0.2) is 58.7 Å². The first-order valence-corrected chi connectivity index (χ1v) is 10.6. The molecule has 0 fully saturated rings. The minimum absolute atomic E-state index is 0.0957. The summed E-state index contributed by atoms with van der Waals surface area (Å²) in [6, 6.07) is 12.3. The van der Waals surface area contributed by atoms with Crippen LogP contribution in [0, 0.1) is 12.7 Å². The Morgan fingerprint density at radius 3 is 2.69 bits per heavy atom. The Bertz CT molecular complexity index is 1410. The summed E-state index contributed by atoms with van der Waals surface area (Å²) in [4.78, 5) is 38.6. The second-order valence-corrected chi connectivity index (χ2v) is 7.82. The lowest BCUT2D eigenvalue weighted by Crippen LogP contribution is -2.25. The van der Waals surface area contributed by atoms with Gasteiger partial charge in [0, 0.05) is 16.3 Å². The number of aryl methyl sites for hydroxylation is 1. The largest absolute Gasteiger partial charge is 0.461 e. The smallest absolute Gasteiger partial charge is 0.359 e. The zero-order valence-corrected chi connectivity index (χ0v) is 18.0. The number of anilines is 1. The van der Waals surface area contributed by atoms with Crippen LogP contribution in [-0.4, -0.2) is 28.3 Å². The number of benzene rings is 2. The average molecular weight is 451 g/mol. The number of nitrogens with one attached hydrogen (secondary N) is 1. The molecule has 2 aromatic heterocycles. The van der Waals surface area contributed by atoms with Gasteiger partial charge in [-0.1, -0.05) is 23.8 Å². The Morgan fingerprint density at radius 2 is 1.97 bits per heavy atom. The molecule has 1 N–H and O–H groups in total. The number of nitrogens with zero attached hydrogens (tertiary/aromatic N) is 2. The van der Waals surface area contributed by atoms with Crippen LogP contribution in [0.3, 0.4) is 0 Å². The van der Waals surface area contributed by atoms with Crippen LogP contribution in [0.5, 0.6) is 0 Å². The van der Waals surface area contributed by atoms with Crippen LogP contribution < -0.4 is 10.9 Å². The lowest BCUT2D eigenvalue weighted by molar-refractivity contribution is 0.0520. The van der Waals surface area contributed by atoms with Crippen molar-refractivity contribution in [1.82, 2.24) is 9.78 Å². The first kappa shape index (κ1) is 21.4. The quantitative estimate of drug-likeness (QED) is 0.457. The Kier molecular flexibility index (Phi) is 5.83. The van der Waals surface area contributed by atoms with Crippen molar-refractivity contribution in [3.63, 3.8) is 0 Å². The molecule has 0 saturated carbocycles. The van der Waals surface area contributed by atoms with Crippen molar-refractivity contribution in [1.29, 1.82) is 0 Å². The summed E-state index contributed by atoms with van der Waals surface area (Å²) in [7, 11) is 0. The van der Waals surface area contributed by atoms with Gasteiger partial charge in [0.15, 0.2) is 5.69 Å². The van der Waals surface area contributed by atoms with Gasteiger partial charge in [-0.3, -0.25) is 9.59 Å². The minimum atomic E-state index is -0.725. The van der Waals surface area contributed by atoms with E-state index in [4.69, 9.17) is 4.74 Å². The molecule has 4 aromatic rings. The lowest BCUT2D eigenvalue weighted by Gasteiger charge is -2.10. The zero-order chi connectivity index (χ0) is 22.8. The number of hydrogen-bond acceptors (Lipinski definition) is 6. The van der Waals surface area contributed by atoms with E-state index in [0.29, 0.717) is 5.56 Å². The maximum absolute atomic E-state index is 13.8. The summed E-state index contributed by atoms with van der Waals surface area (Å²) >= 11 is 1.09. The average Bonchev–Trinajstić information content (AvgIpc) is 3.18. The van der Waals surface area contributed by atoms with Gasteiger partial charge in [0.25, 0.3) is 11.5 Å². The molecule has 0 aliphatic heterocycles. The van der Waals surface area contributed by atoms with Crippen molar-refractivity contribution < 1.29 is 18.7 Å². The predicted octanol–water partition coefficient (Wildman–Crippen LogP) is 4.32. The minimum Gasteiger partial charge on any atom is -0.461 e. The van der Waals surface area contributed by atoms with Gasteiger partial charge in [-0.2, -0.15) is 9.78 Å². The first-order chi connectivity index (χ1) is 15.4. The molecule has 0 aliphatic rings. The molecular formula is C23H18FN3O4S. The van der Waals surface area contributed by atoms with Crippen molar-refractivity contribution in [2.45, 2.75) is 13.8 Å². The van der Waals surface area contributed by atoms with Crippen LogP contribution in [0.25, 0.3) is 16.5 Å². The van der Waals surface area contributed by atoms with Crippen LogP contribution in [0.1, 0.15) is 33.3 Å². The Morgan fingerprint density at radius 1 is 1.19 bits per heavy atom. The van der Waals surface area contributed by atoms with E-state index in [1.165, 1.54) is 18.2 Å². The molecule has 2 heterocycles. The summed E-state index contributed by atoms with van der Waals surface area (Å²) in [5, 5.41) is 9.08. The Hall–Kier alpha value is -3.85. The van der Waals surface area contributed by atoms with E-state index >= 15 is 0 Å². The van der Waals surface area contributed by atoms with Gasteiger partial charge in [0.1, 0.15) is 10.8 Å². The number of halogens is 1. The number of carbonyl (C=O) groups excluding carboxylic acids is 2. The number of amides is 1. The van der Waals surface area contributed by atoms with Gasteiger partial charge in [-0.25, -0.2) is 9.18 Å². The highest BCUT2D eigenvalue weighted by Crippen LogP contribution is 2.31. The van der Waals surface area contributed by atoms with Gasteiger partial charge in [-0.05, 0) is 44.2 Å². The van der Waals surface area contributed by atoms with E-state index in [9.17, 15) is 18.8 Å². The van der Waals surface area contributed by atoms with E-state index in [-0.39, 0.29) is 33.8 Å². The number of hydrogen-bond donors (Lipinski definition) is 1. The van der Waals surface area contributed by atoms with Crippen LogP contribution >= 0.6 is 11.3 Å². The maximum atomic E-state index is 13.8. The fourth-order valence-corrected chi connectivity index (χ4v) is 4.17. The first-order valence-electron chi connectivity index (χ1n) is 9.74. The molecular weight excluding hydrogens is 433 g/mol. The maximum Gasteiger partial charge on any atom is 0.359 e. The second kappa shape index (κ2) is 8.72. The molecule has 0 bridgehead atoms. The molecule has 0 unspecified atom stereocenters. The second-order valence-electron chi connectivity index (χ2n) is 6.94. The van der Waals surface area contributed by atoms with Gasteiger partial charge >= 0.3 is 5.97 Å². The number of ether oxygens (including phenoxy) is 1.